The van der Waals surface area contributed by atoms with Crippen LogP contribution in [0.25, 0.3) is 5.69 Å². The second-order valence-corrected chi connectivity index (χ2v) is 8.02. The summed E-state index contributed by atoms with van der Waals surface area (Å²) in [5, 5.41) is 15.1. The molecule has 1 saturated heterocycles. The number of carbonyl (C=O) groups excluding carboxylic acids is 1. The summed E-state index contributed by atoms with van der Waals surface area (Å²) in [6.07, 6.45) is -0.561. The van der Waals surface area contributed by atoms with Crippen LogP contribution < -0.4 is 0 Å². The molecule has 1 aliphatic rings. The largest absolute Gasteiger partial charge is 0.387 e. The summed E-state index contributed by atoms with van der Waals surface area (Å²) < 4.78 is 14.7. The lowest BCUT2D eigenvalue weighted by atomic mass is 10.1. The minimum Gasteiger partial charge on any atom is -0.387 e. The van der Waals surface area contributed by atoms with Crippen LogP contribution in [-0.4, -0.2) is 63.3 Å². The third-order valence-electron chi connectivity index (χ3n) is 5.56. The average molecular weight is 443 g/mol. The average Bonchev–Trinajstić information content (AvgIpc) is 3.08. The van der Waals surface area contributed by atoms with Gasteiger partial charge in [0.25, 0.3) is 5.91 Å². The molecule has 1 atom stereocenters. The zero-order valence-corrected chi connectivity index (χ0v) is 18.0. The van der Waals surface area contributed by atoms with Crippen molar-refractivity contribution in [3.05, 3.63) is 82.4 Å². The highest BCUT2D eigenvalue weighted by Gasteiger charge is 2.28. The van der Waals surface area contributed by atoms with Crippen LogP contribution in [0.4, 0.5) is 4.39 Å². The number of β-amino-alcohol motifs (C(OH)–C–C–N with tert-alkyl or cyclic N) is 1. The summed E-state index contributed by atoms with van der Waals surface area (Å²) >= 11 is 6.50. The second-order valence-electron chi connectivity index (χ2n) is 7.66. The molecule has 6 nitrogen and oxygen atoms in total. The van der Waals surface area contributed by atoms with Crippen LogP contribution in [0.3, 0.4) is 0 Å². The van der Waals surface area contributed by atoms with E-state index < -0.39 is 6.10 Å². The molecule has 2 heterocycles. The summed E-state index contributed by atoms with van der Waals surface area (Å²) in [7, 11) is 0. The lowest BCUT2D eigenvalue weighted by molar-refractivity contribution is 0.0527. The first-order valence-corrected chi connectivity index (χ1v) is 10.6. The molecule has 0 radical (unpaired) electrons. The normalized spacial score (nSPS) is 15.8. The van der Waals surface area contributed by atoms with E-state index in [0.717, 1.165) is 5.56 Å². The Morgan fingerprint density at radius 1 is 1.10 bits per heavy atom. The highest BCUT2D eigenvalue weighted by Crippen LogP contribution is 2.26. The van der Waals surface area contributed by atoms with E-state index in [1.165, 1.54) is 16.8 Å². The number of aromatic nitrogens is 2. The number of rotatable bonds is 5. The topological polar surface area (TPSA) is 61.6 Å². The van der Waals surface area contributed by atoms with Gasteiger partial charge in [0.05, 0.1) is 23.0 Å². The number of aliphatic hydroxyl groups excluding tert-OH is 1. The minimum atomic E-state index is -0.561. The van der Waals surface area contributed by atoms with Crippen molar-refractivity contribution in [1.29, 1.82) is 0 Å². The van der Waals surface area contributed by atoms with Crippen LogP contribution >= 0.6 is 11.6 Å². The van der Waals surface area contributed by atoms with E-state index in [2.05, 4.69) is 10.00 Å². The fraction of sp³-hybridized carbons (Fsp3) is 0.304. The van der Waals surface area contributed by atoms with E-state index in [1.807, 2.05) is 30.3 Å². The number of halogens is 2. The van der Waals surface area contributed by atoms with Crippen LogP contribution in [0.5, 0.6) is 0 Å². The predicted molar refractivity (Wildman–Crippen MR) is 117 cm³/mol. The molecule has 4 rings (SSSR count). The monoisotopic (exact) mass is 442 g/mol. The number of benzene rings is 2. The maximum atomic E-state index is 13.2. The number of aliphatic hydroxyl groups is 1. The minimum absolute atomic E-state index is 0.167. The molecule has 0 aliphatic carbocycles. The van der Waals surface area contributed by atoms with Gasteiger partial charge in [-0.25, -0.2) is 9.07 Å². The number of aryl methyl sites for hydroxylation is 1. The third-order valence-corrected chi connectivity index (χ3v) is 5.91. The lowest BCUT2D eigenvalue weighted by Crippen LogP contribution is -2.49. The van der Waals surface area contributed by atoms with Crippen molar-refractivity contribution in [2.45, 2.75) is 13.0 Å². The van der Waals surface area contributed by atoms with E-state index in [1.54, 1.807) is 24.0 Å². The molecule has 8 heteroatoms. The van der Waals surface area contributed by atoms with Crippen molar-refractivity contribution in [3.63, 3.8) is 0 Å². The van der Waals surface area contributed by atoms with Crippen LogP contribution in [0, 0.1) is 12.7 Å². The highest BCUT2D eigenvalue weighted by molar-refractivity contribution is 6.33. The van der Waals surface area contributed by atoms with Gasteiger partial charge >= 0.3 is 0 Å². The summed E-state index contributed by atoms with van der Waals surface area (Å²) in [5.74, 6) is -0.519. The maximum absolute atomic E-state index is 13.2. The van der Waals surface area contributed by atoms with Crippen molar-refractivity contribution < 1.29 is 14.3 Å². The van der Waals surface area contributed by atoms with Crippen LogP contribution in [0.1, 0.15) is 27.7 Å². The van der Waals surface area contributed by atoms with E-state index in [4.69, 9.17) is 11.6 Å². The molecule has 0 saturated carbocycles. The molecular weight excluding hydrogens is 419 g/mol. The Bertz CT molecular complexity index is 1050. The van der Waals surface area contributed by atoms with Crippen molar-refractivity contribution in [1.82, 2.24) is 19.6 Å². The highest BCUT2D eigenvalue weighted by atomic mass is 35.5. The summed E-state index contributed by atoms with van der Waals surface area (Å²) in [5.41, 5.74) is 2.37. The number of nitrogens with zero attached hydrogens (tertiary/aromatic N) is 4. The van der Waals surface area contributed by atoms with E-state index in [-0.39, 0.29) is 16.9 Å². The molecule has 0 bridgehead atoms. The third kappa shape index (κ3) is 4.63. The van der Waals surface area contributed by atoms with Gasteiger partial charge in [0.2, 0.25) is 0 Å². The molecule has 1 N–H and O–H groups in total. The lowest BCUT2D eigenvalue weighted by Gasteiger charge is -2.35. The predicted octanol–water partition coefficient (Wildman–Crippen LogP) is 3.46. The van der Waals surface area contributed by atoms with Gasteiger partial charge in [0.15, 0.2) is 0 Å². The first kappa shape index (κ1) is 21.5. The smallest absolute Gasteiger partial charge is 0.258 e. The quantitative estimate of drug-likeness (QED) is 0.657. The van der Waals surface area contributed by atoms with Gasteiger partial charge in [-0.05, 0) is 36.8 Å². The fourth-order valence-corrected chi connectivity index (χ4v) is 4.17. The maximum Gasteiger partial charge on any atom is 0.258 e. The zero-order chi connectivity index (χ0) is 22.0. The molecule has 1 unspecified atom stereocenters. The van der Waals surface area contributed by atoms with E-state index in [0.29, 0.717) is 49.7 Å². The molecule has 1 aromatic heterocycles. The van der Waals surface area contributed by atoms with Gasteiger partial charge in [0, 0.05) is 32.7 Å². The standard InChI is InChI=1S/C23H24ClFN4O2/c1-16-21(22(24)29(26-16)19-9-7-18(25)8-10-19)23(31)28-13-11-27(12-14-28)15-20(30)17-5-3-2-4-6-17/h2-10,20,30H,11-15H2,1H3. The van der Waals surface area contributed by atoms with Crippen molar-refractivity contribution in [3.8, 4) is 5.69 Å². The molecule has 1 fully saturated rings. The molecule has 2 aromatic carbocycles. The summed E-state index contributed by atoms with van der Waals surface area (Å²) in [6.45, 7) is 4.67. The van der Waals surface area contributed by atoms with Crippen LogP contribution in [0.2, 0.25) is 5.15 Å². The molecule has 0 spiro atoms. The molecule has 1 amide bonds. The molecular formula is C23H24ClFN4O2. The van der Waals surface area contributed by atoms with Gasteiger partial charge in [0.1, 0.15) is 11.0 Å². The fourth-order valence-electron chi connectivity index (χ4n) is 3.81. The van der Waals surface area contributed by atoms with Gasteiger partial charge in [-0.2, -0.15) is 5.10 Å². The summed E-state index contributed by atoms with van der Waals surface area (Å²) in [6, 6.07) is 15.4. The van der Waals surface area contributed by atoms with E-state index >= 15 is 0 Å². The van der Waals surface area contributed by atoms with Crippen molar-refractivity contribution in [2.24, 2.45) is 0 Å². The number of hydrogen-bond acceptors (Lipinski definition) is 4. The first-order valence-electron chi connectivity index (χ1n) is 10.2. The molecule has 3 aromatic rings. The van der Waals surface area contributed by atoms with Gasteiger partial charge in [-0.1, -0.05) is 41.9 Å². The van der Waals surface area contributed by atoms with Crippen molar-refractivity contribution >= 4 is 17.5 Å². The number of piperazine rings is 1. The summed E-state index contributed by atoms with van der Waals surface area (Å²) in [4.78, 5) is 17.1. The Morgan fingerprint density at radius 3 is 2.39 bits per heavy atom. The molecule has 1 aliphatic heterocycles. The van der Waals surface area contributed by atoms with Gasteiger partial charge in [-0.3, -0.25) is 9.69 Å². The number of carbonyl (C=O) groups is 1. The van der Waals surface area contributed by atoms with Gasteiger partial charge in [-0.15, -0.1) is 0 Å². The number of hydrogen-bond donors (Lipinski definition) is 1. The SMILES string of the molecule is Cc1nn(-c2ccc(F)cc2)c(Cl)c1C(=O)N1CCN(CC(O)c2ccccc2)CC1. The van der Waals surface area contributed by atoms with Crippen molar-refractivity contribution in [2.75, 3.05) is 32.7 Å². The Hall–Kier alpha value is -2.74. The van der Waals surface area contributed by atoms with Gasteiger partial charge < -0.3 is 10.0 Å². The number of amides is 1. The Balaban J connectivity index is 1.41. The van der Waals surface area contributed by atoms with Crippen LogP contribution in [-0.2, 0) is 0 Å². The molecule has 31 heavy (non-hydrogen) atoms. The van der Waals surface area contributed by atoms with E-state index in [9.17, 15) is 14.3 Å². The van der Waals surface area contributed by atoms with Crippen LogP contribution in [0.15, 0.2) is 54.6 Å². The Labute approximate surface area is 185 Å². The second kappa shape index (κ2) is 9.18. The first-order chi connectivity index (χ1) is 14.9. The molecule has 162 valence electrons. The zero-order valence-electron chi connectivity index (χ0n) is 17.2. The Kier molecular flexibility index (Phi) is 6.36. The Morgan fingerprint density at radius 2 is 1.74 bits per heavy atom.